The molecule has 22 heavy (non-hydrogen) atoms. The van der Waals surface area contributed by atoms with Crippen LogP contribution in [0.3, 0.4) is 0 Å². The third kappa shape index (κ3) is 3.23. The molecule has 0 spiro atoms. The lowest BCUT2D eigenvalue weighted by Gasteiger charge is -2.35. The molecule has 1 aliphatic rings. The molecule has 118 valence electrons. The fourth-order valence-electron chi connectivity index (χ4n) is 2.80. The van der Waals surface area contributed by atoms with Crippen molar-refractivity contribution < 1.29 is 9.84 Å². The van der Waals surface area contributed by atoms with Crippen molar-refractivity contribution in [1.82, 2.24) is 14.7 Å². The second-order valence-corrected chi connectivity index (χ2v) is 6.66. The number of ether oxygens (including phenoxy) is 1. The molecule has 1 atom stereocenters. The standard InChI is InChI=1S/C16H21N3O2S/c1-18-10-13(8-17-18)14-11-22-6-5-19(14)9-12-3-4-15(20)16(7-12)21-2/h3-4,7-8,10,14,20H,5-6,9,11H2,1-2H3. The van der Waals surface area contributed by atoms with Gasteiger partial charge in [-0.1, -0.05) is 6.07 Å². The second-order valence-electron chi connectivity index (χ2n) is 5.51. The highest BCUT2D eigenvalue weighted by Gasteiger charge is 2.25. The summed E-state index contributed by atoms with van der Waals surface area (Å²) in [5.41, 5.74) is 2.41. The molecule has 6 heteroatoms. The Balaban J connectivity index is 1.79. The molecular formula is C16H21N3O2S. The van der Waals surface area contributed by atoms with Crippen LogP contribution in [0.1, 0.15) is 17.2 Å². The molecule has 1 aliphatic heterocycles. The Labute approximate surface area is 134 Å². The smallest absolute Gasteiger partial charge is 0.160 e. The summed E-state index contributed by atoms with van der Waals surface area (Å²) in [4.78, 5) is 2.47. The van der Waals surface area contributed by atoms with Crippen molar-refractivity contribution in [2.45, 2.75) is 12.6 Å². The van der Waals surface area contributed by atoms with Crippen LogP contribution in [0, 0.1) is 0 Å². The van der Waals surface area contributed by atoms with Gasteiger partial charge in [0.1, 0.15) is 0 Å². The molecule has 0 radical (unpaired) electrons. The van der Waals surface area contributed by atoms with Gasteiger partial charge in [0.2, 0.25) is 0 Å². The minimum absolute atomic E-state index is 0.184. The summed E-state index contributed by atoms with van der Waals surface area (Å²) in [5, 5.41) is 14.0. The summed E-state index contributed by atoms with van der Waals surface area (Å²) in [7, 11) is 3.53. The van der Waals surface area contributed by atoms with Gasteiger partial charge >= 0.3 is 0 Å². The van der Waals surface area contributed by atoms with E-state index in [1.807, 2.05) is 41.8 Å². The lowest BCUT2D eigenvalue weighted by Crippen LogP contribution is -2.35. The van der Waals surface area contributed by atoms with Crippen molar-refractivity contribution >= 4 is 11.8 Å². The van der Waals surface area contributed by atoms with Gasteiger partial charge in [0.25, 0.3) is 0 Å². The van der Waals surface area contributed by atoms with E-state index in [9.17, 15) is 5.11 Å². The highest BCUT2D eigenvalue weighted by atomic mass is 32.2. The first-order valence-corrected chi connectivity index (χ1v) is 8.49. The van der Waals surface area contributed by atoms with Gasteiger partial charge in [-0.2, -0.15) is 16.9 Å². The zero-order valence-corrected chi connectivity index (χ0v) is 13.7. The number of thioether (sulfide) groups is 1. The molecule has 1 saturated heterocycles. The number of nitrogens with zero attached hydrogens (tertiary/aromatic N) is 3. The summed E-state index contributed by atoms with van der Waals surface area (Å²) in [6.07, 6.45) is 4.06. The second kappa shape index (κ2) is 6.62. The number of aromatic nitrogens is 2. The van der Waals surface area contributed by atoms with Crippen LogP contribution in [0.25, 0.3) is 0 Å². The molecule has 1 N–H and O–H groups in total. The van der Waals surface area contributed by atoms with Crippen molar-refractivity contribution in [3.63, 3.8) is 0 Å². The lowest BCUT2D eigenvalue weighted by molar-refractivity contribution is 0.211. The first-order valence-electron chi connectivity index (χ1n) is 7.33. The minimum atomic E-state index is 0.184. The van der Waals surface area contributed by atoms with Crippen LogP contribution in [-0.2, 0) is 13.6 Å². The van der Waals surface area contributed by atoms with Crippen LogP contribution in [0.5, 0.6) is 11.5 Å². The molecule has 1 aromatic carbocycles. The summed E-state index contributed by atoms with van der Waals surface area (Å²) in [6, 6.07) is 5.95. The molecule has 2 heterocycles. The summed E-state index contributed by atoms with van der Waals surface area (Å²) in [6.45, 7) is 1.89. The van der Waals surface area contributed by atoms with Crippen molar-refractivity contribution in [2.75, 3.05) is 25.2 Å². The number of methoxy groups -OCH3 is 1. The lowest BCUT2D eigenvalue weighted by atomic mass is 10.1. The van der Waals surface area contributed by atoms with E-state index < -0.39 is 0 Å². The predicted octanol–water partition coefficient (Wildman–Crippen LogP) is 2.42. The number of benzene rings is 1. The van der Waals surface area contributed by atoms with Crippen LogP contribution in [0.15, 0.2) is 30.6 Å². The van der Waals surface area contributed by atoms with Crippen LogP contribution in [0.4, 0.5) is 0 Å². The Morgan fingerprint density at radius 2 is 2.32 bits per heavy atom. The molecule has 0 saturated carbocycles. The van der Waals surface area contributed by atoms with Gasteiger partial charge in [0, 0.05) is 49.4 Å². The summed E-state index contributed by atoms with van der Waals surface area (Å²) < 4.78 is 7.06. The predicted molar refractivity (Wildman–Crippen MR) is 88.3 cm³/mol. The number of phenols is 1. The first-order chi connectivity index (χ1) is 10.7. The Morgan fingerprint density at radius 1 is 1.45 bits per heavy atom. The maximum Gasteiger partial charge on any atom is 0.160 e. The molecule has 2 aromatic rings. The third-order valence-corrected chi connectivity index (χ3v) is 5.00. The SMILES string of the molecule is COc1cc(CN2CCSCC2c2cnn(C)c2)ccc1O. The maximum atomic E-state index is 9.72. The third-order valence-electron chi connectivity index (χ3n) is 3.98. The van der Waals surface area contributed by atoms with Crippen molar-refractivity contribution in [2.24, 2.45) is 7.05 Å². The number of aryl methyl sites for hydroxylation is 1. The summed E-state index contributed by atoms with van der Waals surface area (Å²) in [5.74, 6) is 2.94. The van der Waals surface area contributed by atoms with Crippen molar-refractivity contribution in [1.29, 1.82) is 0 Å². The molecule has 3 rings (SSSR count). The van der Waals surface area contributed by atoms with Gasteiger partial charge in [0.05, 0.1) is 13.3 Å². The summed E-state index contributed by atoms with van der Waals surface area (Å²) >= 11 is 1.99. The van der Waals surface area contributed by atoms with Gasteiger partial charge in [0.15, 0.2) is 11.5 Å². The molecule has 1 fully saturated rings. The normalized spacial score (nSPS) is 19.3. The fraction of sp³-hybridized carbons (Fsp3) is 0.438. The Bertz CT molecular complexity index is 644. The minimum Gasteiger partial charge on any atom is -0.504 e. The molecular weight excluding hydrogens is 298 g/mol. The van der Waals surface area contributed by atoms with Crippen LogP contribution in [-0.4, -0.2) is 44.9 Å². The van der Waals surface area contributed by atoms with E-state index >= 15 is 0 Å². The van der Waals surface area contributed by atoms with Gasteiger partial charge in [-0.15, -0.1) is 0 Å². The van der Waals surface area contributed by atoms with E-state index in [0.717, 1.165) is 30.2 Å². The molecule has 1 unspecified atom stereocenters. The molecule has 0 bridgehead atoms. The maximum absolute atomic E-state index is 9.72. The topological polar surface area (TPSA) is 50.5 Å². The van der Waals surface area contributed by atoms with Gasteiger partial charge < -0.3 is 9.84 Å². The largest absolute Gasteiger partial charge is 0.504 e. The van der Waals surface area contributed by atoms with Crippen LogP contribution < -0.4 is 4.74 Å². The van der Waals surface area contributed by atoms with E-state index in [-0.39, 0.29) is 5.75 Å². The van der Waals surface area contributed by atoms with E-state index in [1.54, 1.807) is 13.2 Å². The zero-order valence-electron chi connectivity index (χ0n) is 12.9. The Hall–Kier alpha value is -1.66. The van der Waals surface area contributed by atoms with Crippen LogP contribution >= 0.6 is 11.8 Å². The number of hydrogen-bond acceptors (Lipinski definition) is 5. The average molecular weight is 319 g/mol. The quantitative estimate of drug-likeness (QED) is 0.938. The van der Waals surface area contributed by atoms with E-state index in [1.165, 1.54) is 5.56 Å². The van der Waals surface area contributed by atoms with Gasteiger partial charge in [-0.25, -0.2) is 0 Å². The highest BCUT2D eigenvalue weighted by molar-refractivity contribution is 7.99. The first kappa shape index (κ1) is 15.2. The fourth-order valence-corrected chi connectivity index (χ4v) is 3.96. The number of hydrogen-bond donors (Lipinski definition) is 1. The van der Waals surface area contributed by atoms with Gasteiger partial charge in [-0.05, 0) is 17.7 Å². The highest BCUT2D eigenvalue weighted by Crippen LogP contribution is 2.32. The van der Waals surface area contributed by atoms with E-state index in [2.05, 4.69) is 16.2 Å². The molecule has 0 amide bonds. The zero-order chi connectivity index (χ0) is 15.5. The van der Waals surface area contributed by atoms with E-state index in [4.69, 9.17) is 4.74 Å². The van der Waals surface area contributed by atoms with Crippen LogP contribution in [0.2, 0.25) is 0 Å². The molecule has 1 aromatic heterocycles. The molecule has 0 aliphatic carbocycles. The Kier molecular flexibility index (Phi) is 4.59. The monoisotopic (exact) mass is 319 g/mol. The number of aromatic hydroxyl groups is 1. The van der Waals surface area contributed by atoms with Crippen molar-refractivity contribution in [3.05, 3.63) is 41.7 Å². The van der Waals surface area contributed by atoms with Gasteiger partial charge in [-0.3, -0.25) is 9.58 Å². The number of rotatable bonds is 4. The van der Waals surface area contributed by atoms with Crippen molar-refractivity contribution in [3.8, 4) is 11.5 Å². The van der Waals surface area contributed by atoms with E-state index in [0.29, 0.717) is 11.8 Å². The average Bonchev–Trinajstić information content (AvgIpc) is 2.96. The number of phenolic OH excluding ortho intramolecular Hbond substituents is 1. The molecule has 5 nitrogen and oxygen atoms in total. The Morgan fingerprint density at radius 3 is 3.05 bits per heavy atom.